The Hall–Kier alpha value is -2.87. The maximum atomic E-state index is 13.2. The number of benzene rings is 2. The highest BCUT2D eigenvalue weighted by molar-refractivity contribution is 9.10. The third-order valence-corrected chi connectivity index (χ3v) is 6.78. The molecule has 30 heavy (non-hydrogen) atoms. The Morgan fingerprint density at radius 1 is 0.900 bits per heavy atom. The second kappa shape index (κ2) is 8.10. The minimum absolute atomic E-state index is 0.195. The summed E-state index contributed by atoms with van der Waals surface area (Å²) < 4.78 is 0.996. The first-order valence-corrected chi connectivity index (χ1v) is 11.7. The van der Waals surface area contributed by atoms with Crippen LogP contribution >= 0.6 is 38.6 Å². The number of rotatable bonds is 4. The maximum absolute atomic E-state index is 13.2. The van der Waals surface area contributed by atoms with E-state index in [9.17, 15) is 4.79 Å². The van der Waals surface area contributed by atoms with Gasteiger partial charge in [-0.25, -0.2) is 9.97 Å². The van der Waals surface area contributed by atoms with E-state index in [4.69, 9.17) is 4.98 Å². The minimum atomic E-state index is -0.195. The molecule has 4 nitrogen and oxygen atoms in total. The van der Waals surface area contributed by atoms with Crippen molar-refractivity contribution in [2.45, 2.75) is 0 Å². The molecule has 146 valence electrons. The highest BCUT2D eigenvalue weighted by atomic mass is 79.9. The minimum Gasteiger partial charge on any atom is -0.298 e. The van der Waals surface area contributed by atoms with Gasteiger partial charge in [0.1, 0.15) is 0 Å². The molecule has 5 rings (SSSR count). The molecule has 0 bridgehead atoms. The van der Waals surface area contributed by atoms with Gasteiger partial charge >= 0.3 is 0 Å². The first-order valence-electron chi connectivity index (χ1n) is 9.14. The van der Waals surface area contributed by atoms with E-state index >= 15 is 0 Å². The van der Waals surface area contributed by atoms with Gasteiger partial charge in [-0.1, -0.05) is 52.3 Å². The molecule has 0 atom stereocenters. The van der Waals surface area contributed by atoms with Crippen LogP contribution in [-0.4, -0.2) is 15.9 Å². The molecule has 1 amide bonds. The number of aromatic nitrogens is 2. The summed E-state index contributed by atoms with van der Waals surface area (Å²) in [5.41, 5.74) is 3.94. The van der Waals surface area contributed by atoms with Gasteiger partial charge in [-0.2, -0.15) is 0 Å². The lowest BCUT2D eigenvalue weighted by atomic mass is 10.0. The van der Waals surface area contributed by atoms with Crippen LogP contribution in [0.25, 0.3) is 32.7 Å². The molecule has 3 heterocycles. The molecule has 1 N–H and O–H groups in total. The number of thiophene rings is 1. The van der Waals surface area contributed by atoms with E-state index in [0.29, 0.717) is 10.7 Å². The number of hydrogen-bond donors (Lipinski definition) is 1. The van der Waals surface area contributed by atoms with Crippen molar-refractivity contribution in [3.8, 4) is 21.8 Å². The first kappa shape index (κ1) is 19.1. The topological polar surface area (TPSA) is 54.9 Å². The molecule has 0 aliphatic rings. The summed E-state index contributed by atoms with van der Waals surface area (Å²) in [6.45, 7) is 0. The van der Waals surface area contributed by atoms with Crippen molar-refractivity contribution >= 4 is 60.5 Å². The van der Waals surface area contributed by atoms with Gasteiger partial charge in [0, 0.05) is 20.8 Å². The Balaban J connectivity index is 1.52. The van der Waals surface area contributed by atoms with Gasteiger partial charge in [0.05, 0.1) is 27.3 Å². The molecule has 2 aromatic carbocycles. The summed E-state index contributed by atoms with van der Waals surface area (Å²) in [5.74, 6) is -0.195. The summed E-state index contributed by atoms with van der Waals surface area (Å²) in [4.78, 5) is 23.6. The number of halogens is 1. The number of fused-ring (bicyclic) bond motifs is 1. The van der Waals surface area contributed by atoms with E-state index < -0.39 is 0 Å². The fourth-order valence-corrected chi connectivity index (χ4v) is 4.90. The third kappa shape index (κ3) is 3.79. The molecule has 5 aromatic rings. The molecule has 0 fully saturated rings. The number of nitrogens with one attached hydrogen (secondary N) is 1. The predicted molar refractivity (Wildman–Crippen MR) is 128 cm³/mol. The van der Waals surface area contributed by atoms with Gasteiger partial charge in [0.25, 0.3) is 5.91 Å². The Labute approximate surface area is 189 Å². The number of pyridine rings is 1. The van der Waals surface area contributed by atoms with Crippen LogP contribution in [-0.2, 0) is 0 Å². The second-order valence-electron chi connectivity index (χ2n) is 6.55. The number of hydrogen-bond acceptors (Lipinski definition) is 5. The van der Waals surface area contributed by atoms with Gasteiger partial charge in [-0.3, -0.25) is 10.1 Å². The number of para-hydroxylation sites is 1. The van der Waals surface area contributed by atoms with Crippen LogP contribution in [0.15, 0.2) is 82.0 Å². The number of thiazole rings is 1. The van der Waals surface area contributed by atoms with Gasteiger partial charge in [0.15, 0.2) is 5.13 Å². The zero-order valence-corrected chi connectivity index (χ0v) is 18.7. The van der Waals surface area contributed by atoms with Crippen LogP contribution in [0, 0.1) is 0 Å². The molecule has 0 spiro atoms. The number of amides is 1. The standard InChI is InChI=1S/C23H14BrN3OS2/c24-15-9-7-14(8-10-15)19-12-17(16-4-1-2-5-18(16)25-19)22(28)27-23-26-20(13-30-23)21-6-3-11-29-21/h1-13H,(H,26,27,28). The summed E-state index contributed by atoms with van der Waals surface area (Å²) in [7, 11) is 0. The Kier molecular flexibility index (Phi) is 5.16. The van der Waals surface area contributed by atoms with Crippen LogP contribution in [0.3, 0.4) is 0 Å². The Morgan fingerprint density at radius 2 is 1.73 bits per heavy atom. The lowest BCUT2D eigenvalue weighted by Crippen LogP contribution is -2.13. The zero-order valence-electron chi connectivity index (χ0n) is 15.5. The quantitative estimate of drug-likeness (QED) is 0.291. The molecule has 7 heteroatoms. The number of carbonyl (C=O) groups is 1. The summed E-state index contributed by atoms with van der Waals surface area (Å²) >= 11 is 6.51. The van der Waals surface area contributed by atoms with E-state index in [1.165, 1.54) is 11.3 Å². The van der Waals surface area contributed by atoms with Crippen LogP contribution < -0.4 is 5.32 Å². The fourth-order valence-electron chi connectivity index (χ4n) is 3.16. The van der Waals surface area contributed by atoms with Gasteiger partial charge in [0.2, 0.25) is 0 Å². The highest BCUT2D eigenvalue weighted by Crippen LogP contribution is 2.30. The summed E-state index contributed by atoms with van der Waals surface area (Å²) in [5, 5.41) is 8.32. The van der Waals surface area contributed by atoms with Crippen molar-refractivity contribution in [1.82, 2.24) is 9.97 Å². The van der Waals surface area contributed by atoms with E-state index in [1.807, 2.05) is 77.5 Å². The van der Waals surface area contributed by atoms with Crippen molar-refractivity contribution < 1.29 is 4.79 Å². The summed E-state index contributed by atoms with van der Waals surface area (Å²) in [6.07, 6.45) is 0. The second-order valence-corrected chi connectivity index (χ2v) is 9.27. The van der Waals surface area contributed by atoms with Crippen LogP contribution in [0.2, 0.25) is 0 Å². The van der Waals surface area contributed by atoms with Gasteiger partial charge in [-0.15, -0.1) is 22.7 Å². The average Bonchev–Trinajstić information content (AvgIpc) is 3.45. The average molecular weight is 492 g/mol. The predicted octanol–water partition coefficient (Wildman–Crippen LogP) is 7.10. The van der Waals surface area contributed by atoms with Crippen LogP contribution in [0.1, 0.15) is 10.4 Å². The number of anilines is 1. The van der Waals surface area contributed by atoms with Crippen molar-refractivity contribution in [3.05, 3.63) is 87.5 Å². The van der Waals surface area contributed by atoms with E-state index in [0.717, 1.165) is 37.2 Å². The first-order chi connectivity index (χ1) is 14.7. The number of nitrogens with zero attached hydrogens (tertiary/aromatic N) is 2. The Morgan fingerprint density at radius 3 is 2.53 bits per heavy atom. The highest BCUT2D eigenvalue weighted by Gasteiger charge is 2.16. The van der Waals surface area contributed by atoms with Crippen molar-refractivity contribution in [1.29, 1.82) is 0 Å². The monoisotopic (exact) mass is 491 g/mol. The molecule has 0 unspecified atom stereocenters. The van der Waals surface area contributed by atoms with E-state index in [2.05, 4.69) is 26.2 Å². The zero-order chi connectivity index (χ0) is 20.5. The molecule has 3 aromatic heterocycles. The van der Waals surface area contributed by atoms with Gasteiger partial charge in [-0.05, 0) is 35.7 Å². The van der Waals surface area contributed by atoms with E-state index in [1.54, 1.807) is 11.3 Å². The van der Waals surface area contributed by atoms with Crippen molar-refractivity contribution in [3.63, 3.8) is 0 Å². The van der Waals surface area contributed by atoms with Crippen molar-refractivity contribution in [2.24, 2.45) is 0 Å². The fraction of sp³-hybridized carbons (Fsp3) is 0. The van der Waals surface area contributed by atoms with E-state index in [-0.39, 0.29) is 5.91 Å². The largest absolute Gasteiger partial charge is 0.298 e. The lowest BCUT2D eigenvalue weighted by Gasteiger charge is -2.10. The van der Waals surface area contributed by atoms with Crippen LogP contribution in [0.4, 0.5) is 5.13 Å². The molecular formula is C23H14BrN3OS2. The molecule has 0 aliphatic heterocycles. The summed E-state index contributed by atoms with van der Waals surface area (Å²) in [6, 6.07) is 21.4. The third-order valence-electron chi connectivity index (χ3n) is 4.60. The Bertz CT molecular complexity index is 1340. The SMILES string of the molecule is O=C(Nc1nc(-c2cccs2)cs1)c1cc(-c2ccc(Br)cc2)nc2ccccc12. The number of carbonyl (C=O) groups excluding carboxylic acids is 1. The molecule has 0 saturated carbocycles. The van der Waals surface area contributed by atoms with Crippen LogP contribution in [0.5, 0.6) is 0 Å². The van der Waals surface area contributed by atoms with Gasteiger partial charge < -0.3 is 0 Å². The molecule has 0 aliphatic carbocycles. The molecule has 0 saturated heterocycles. The maximum Gasteiger partial charge on any atom is 0.258 e. The smallest absolute Gasteiger partial charge is 0.258 e. The van der Waals surface area contributed by atoms with Crippen molar-refractivity contribution in [2.75, 3.05) is 5.32 Å². The lowest BCUT2D eigenvalue weighted by molar-refractivity contribution is 0.102. The molecule has 0 radical (unpaired) electrons. The normalized spacial score (nSPS) is 11.0. The molecular weight excluding hydrogens is 478 g/mol.